The topological polar surface area (TPSA) is 46.5 Å². The molecule has 0 saturated heterocycles. The van der Waals surface area contributed by atoms with Gasteiger partial charge in [-0.25, -0.2) is 13.6 Å². The summed E-state index contributed by atoms with van der Waals surface area (Å²) in [7, 11) is 0. The number of ether oxygens (including phenoxy) is 1. The van der Waals surface area contributed by atoms with Crippen molar-refractivity contribution >= 4 is 5.97 Å². The SMILES string of the molecule is C=CC(=O)OCC(O)CCC(F)(F)C(F)(F)C(F)(F)C(F)(F)C(F)(F)C(F)F. The zero-order chi connectivity index (χ0) is 22.8. The van der Waals surface area contributed by atoms with E-state index in [0.29, 0.717) is 6.08 Å². The summed E-state index contributed by atoms with van der Waals surface area (Å²) < 4.78 is 159. The Morgan fingerprint density at radius 3 is 1.79 bits per heavy atom. The van der Waals surface area contributed by atoms with Crippen molar-refractivity contribution < 1.29 is 67.3 Å². The number of aliphatic hydroxyl groups excluding tert-OH is 1. The standard InChI is InChI=1S/C13H12F12O3/c1-2-7(27)28-5-6(26)3-4-9(16,17)11(20,21)13(24,25)12(22,23)10(18,19)8(14)15/h2,6,8,26H,1,3-5H2. The first kappa shape index (κ1) is 26.3. The van der Waals surface area contributed by atoms with Gasteiger partial charge in [-0.1, -0.05) is 6.58 Å². The molecule has 0 heterocycles. The van der Waals surface area contributed by atoms with E-state index in [9.17, 15) is 57.5 Å². The minimum atomic E-state index is -7.61. The Kier molecular flexibility index (Phi) is 7.87. The summed E-state index contributed by atoms with van der Waals surface area (Å²) in [5, 5.41) is 9.14. The number of alkyl halides is 12. The molecule has 0 fully saturated rings. The van der Waals surface area contributed by atoms with Gasteiger partial charge in [0.25, 0.3) is 0 Å². The van der Waals surface area contributed by atoms with Gasteiger partial charge in [0.15, 0.2) is 0 Å². The second-order valence-electron chi connectivity index (χ2n) is 5.38. The molecule has 0 spiro atoms. The van der Waals surface area contributed by atoms with Gasteiger partial charge in [0.1, 0.15) is 6.61 Å². The lowest BCUT2D eigenvalue weighted by Gasteiger charge is -2.39. The van der Waals surface area contributed by atoms with Gasteiger partial charge in [0.2, 0.25) is 0 Å². The summed E-state index contributed by atoms with van der Waals surface area (Å²) in [5.74, 6) is -36.8. The van der Waals surface area contributed by atoms with Gasteiger partial charge in [-0.05, 0) is 6.42 Å². The molecule has 0 rings (SSSR count). The lowest BCUT2D eigenvalue weighted by atomic mass is 9.92. The number of esters is 1. The molecule has 1 unspecified atom stereocenters. The molecule has 0 aromatic heterocycles. The molecule has 1 atom stereocenters. The van der Waals surface area contributed by atoms with Crippen LogP contribution < -0.4 is 0 Å². The summed E-state index contributed by atoms with van der Waals surface area (Å²) >= 11 is 0. The van der Waals surface area contributed by atoms with Crippen LogP contribution in [0.2, 0.25) is 0 Å². The van der Waals surface area contributed by atoms with Crippen molar-refractivity contribution in [3.05, 3.63) is 12.7 Å². The first-order valence-corrected chi connectivity index (χ1v) is 6.94. The third-order valence-electron chi connectivity index (χ3n) is 3.32. The van der Waals surface area contributed by atoms with E-state index in [2.05, 4.69) is 11.3 Å². The van der Waals surface area contributed by atoms with Gasteiger partial charge in [-0.15, -0.1) is 0 Å². The van der Waals surface area contributed by atoms with Crippen LogP contribution in [0.15, 0.2) is 12.7 Å². The quantitative estimate of drug-likeness (QED) is 0.294. The van der Waals surface area contributed by atoms with Gasteiger partial charge in [0.05, 0.1) is 6.10 Å². The molecule has 28 heavy (non-hydrogen) atoms. The smallest absolute Gasteiger partial charge is 0.384 e. The number of aliphatic hydroxyl groups is 1. The molecular weight excluding hydrogens is 432 g/mol. The van der Waals surface area contributed by atoms with Crippen LogP contribution in [-0.4, -0.2) is 59.8 Å². The number of carbonyl (C=O) groups excluding carboxylic acids is 1. The Labute approximate surface area is 148 Å². The average Bonchev–Trinajstić information content (AvgIpc) is 2.56. The van der Waals surface area contributed by atoms with Crippen molar-refractivity contribution in [2.75, 3.05) is 6.61 Å². The van der Waals surface area contributed by atoms with Gasteiger partial charge in [-0.3, -0.25) is 0 Å². The summed E-state index contributed by atoms with van der Waals surface area (Å²) in [6.45, 7) is 1.79. The summed E-state index contributed by atoms with van der Waals surface area (Å²) in [4.78, 5) is 10.6. The highest BCUT2D eigenvalue weighted by Gasteiger charge is 2.87. The van der Waals surface area contributed by atoms with Gasteiger partial charge in [-0.2, -0.15) is 43.9 Å². The lowest BCUT2D eigenvalue weighted by molar-refractivity contribution is -0.413. The summed E-state index contributed by atoms with van der Waals surface area (Å²) in [6.07, 6.45) is -11.2. The maximum absolute atomic E-state index is 13.4. The molecule has 1 N–H and O–H groups in total. The molecule has 0 aromatic carbocycles. The molecule has 3 nitrogen and oxygen atoms in total. The van der Waals surface area contributed by atoms with Gasteiger partial charge in [0, 0.05) is 12.5 Å². The van der Waals surface area contributed by atoms with Crippen LogP contribution in [-0.2, 0) is 9.53 Å². The molecular formula is C13H12F12O3. The van der Waals surface area contributed by atoms with Crippen molar-refractivity contribution in [1.82, 2.24) is 0 Å². The van der Waals surface area contributed by atoms with Crippen LogP contribution in [0.5, 0.6) is 0 Å². The third kappa shape index (κ3) is 4.66. The minimum Gasteiger partial charge on any atom is -0.460 e. The Morgan fingerprint density at radius 2 is 1.39 bits per heavy atom. The fourth-order valence-electron chi connectivity index (χ4n) is 1.60. The van der Waals surface area contributed by atoms with Gasteiger partial charge >= 0.3 is 42.0 Å². The highest BCUT2D eigenvalue weighted by atomic mass is 19.4. The monoisotopic (exact) mass is 444 g/mol. The molecule has 0 aliphatic heterocycles. The van der Waals surface area contributed by atoms with E-state index in [0.717, 1.165) is 0 Å². The Hall–Kier alpha value is -1.67. The van der Waals surface area contributed by atoms with Crippen molar-refractivity contribution in [3.8, 4) is 0 Å². The second-order valence-corrected chi connectivity index (χ2v) is 5.38. The largest absolute Gasteiger partial charge is 0.460 e. The Bertz CT molecular complexity index is 561. The fourth-order valence-corrected chi connectivity index (χ4v) is 1.60. The molecule has 0 aromatic rings. The maximum atomic E-state index is 13.4. The number of carbonyl (C=O) groups is 1. The van der Waals surface area contributed by atoms with E-state index in [1.807, 2.05) is 0 Å². The van der Waals surface area contributed by atoms with Crippen molar-refractivity contribution in [1.29, 1.82) is 0 Å². The van der Waals surface area contributed by atoms with Crippen molar-refractivity contribution in [2.45, 2.75) is 55.0 Å². The van der Waals surface area contributed by atoms with E-state index in [1.165, 1.54) is 0 Å². The van der Waals surface area contributed by atoms with Crippen LogP contribution in [0.4, 0.5) is 52.7 Å². The zero-order valence-corrected chi connectivity index (χ0v) is 13.4. The van der Waals surface area contributed by atoms with E-state index >= 15 is 0 Å². The molecule has 15 heteroatoms. The maximum Gasteiger partial charge on any atom is 0.384 e. The predicted octanol–water partition coefficient (Wildman–Crippen LogP) is 4.30. The third-order valence-corrected chi connectivity index (χ3v) is 3.32. The summed E-state index contributed by atoms with van der Waals surface area (Å²) in [5.41, 5.74) is 0. The first-order chi connectivity index (χ1) is 12.3. The number of rotatable bonds is 11. The van der Waals surface area contributed by atoms with E-state index in [-0.39, 0.29) is 0 Å². The molecule has 0 aliphatic carbocycles. The Balaban J connectivity index is 5.52. The van der Waals surface area contributed by atoms with E-state index < -0.39 is 67.6 Å². The first-order valence-electron chi connectivity index (χ1n) is 6.94. The van der Waals surface area contributed by atoms with Crippen LogP contribution in [0.25, 0.3) is 0 Å². The van der Waals surface area contributed by atoms with Crippen LogP contribution >= 0.6 is 0 Å². The van der Waals surface area contributed by atoms with Gasteiger partial charge < -0.3 is 9.84 Å². The number of halogens is 12. The number of hydrogen-bond donors (Lipinski definition) is 1. The van der Waals surface area contributed by atoms with Crippen LogP contribution in [0.3, 0.4) is 0 Å². The van der Waals surface area contributed by atoms with Crippen molar-refractivity contribution in [2.24, 2.45) is 0 Å². The van der Waals surface area contributed by atoms with E-state index in [1.54, 1.807) is 0 Å². The van der Waals surface area contributed by atoms with Crippen LogP contribution in [0, 0.1) is 0 Å². The molecule has 0 radical (unpaired) electrons. The summed E-state index contributed by atoms with van der Waals surface area (Å²) in [6, 6.07) is 0. The van der Waals surface area contributed by atoms with Crippen LogP contribution in [0.1, 0.15) is 12.8 Å². The molecule has 0 saturated carbocycles. The normalized spacial score (nSPS) is 15.5. The fraction of sp³-hybridized carbons (Fsp3) is 0.769. The average molecular weight is 444 g/mol. The minimum absolute atomic E-state index is 0.543. The highest BCUT2D eigenvalue weighted by molar-refractivity contribution is 5.81. The Morgan fingerprint density at radius 1 is 0.929 bits per heavy atom. The molecule has 0 amide bonds. The molecule has 166 valence electrons. The van der Waals surface area contributed by atoms with E-state index in [4.69, 9.17) is 5.11 Å². The molecule has 0 aliphatic rings. The second kappa shape index (κ2) is 8.37. The lowest BCUT2D eigenvalue weighted by Crippen LogP contribution is -2.68. The zero-order valence-electron chi connectivity index (χ0n) is 13.4. The molecule has 0 bridgehead atoms. The highest BCUT2D eigenvalue weighted by Crippen LogP contribution is 2.58. The van der Waals surface area contributed by atoms with Crippen molar-refractivity contribution in [3.63, 3.8) is 0 Å². The number of hydrogen-bond acceptors (Lipinski definition) is 3. The predicted molar refractivity (Wildman–Crippen MR) is 67.1 cm³/mol.